The van der Waals surface area contributed by atoms with Crippen LogP contribution in [0.4, 0.5) is 0 Å². The molecule has 0 amide bonds. The van der Waals surface area contributed by atoms with Crippen LogP contribution >= 0.6 is 0 Å². The summed E-state index contributed by atoms with van der Waals surface area (Å²) in [5.41, 5.74) is 0. The van der Waals surface area contributed by atoms with E-state index in [4.69, 9.17) is 14.2 Å². The first-order valence-corrected chi connectivity index (χ1v) is 33.0. The molecule has 0 aliphatic carbocycles. The summed E-state index contributed by atoms with van der Waals surface area (Å²) in [5.74, 6) is -0.826. The second kappa shape index (κ2) is 62.0. The first-order chi connectivity index (χ1) is 35.5. The number of hydrogen-bond donors (Lipinski definition) is 0. The first kappa shape index (κ1) is 70.4. The summed E-state index contributed by atoms with van der Waals surface area (Å²) in [6, 6.07) is 0. The second-order valence-electron chi connectivity index (χ2n) is 22.8. The predicted octanol–water partition coefficient (Wildman–Crippen LogP) is 22.3. The minimum Gasteiger partial charge on any atom is -0.462 e. The number of ether oxygens (including phenoxy) is 3. The van der Waals surface area contributed by atoms with E-state index in [-0.39, 0.29) is 31.1 Å². The Bertz CT molecular complexity index is 1080. The molecule has 6 heteroatoms. The van der Waals surface area contributed by atoms with Gasteiger partial charge in [0.05, 0.1) is 0 Å². The van der Waals surface area contributed by atoms with Gasteiger partial charge in [0.2, 0.25) is 0 Å². The molecule has 6 nitrogen and oxygen atoms in total. The first-order valence-electron chi connectivity index (χ1n) is 33.0. The average Bonchev–Trinajstić information content (AvgIpc) is 3.38. The third-order valence-electron chi connectivity index (χ3n) is 15.4. The van der Waals surface area contributed by atoms with E-state index in [9.17, 15) is 14.4 Å². The molecule has 0 aromatic rings. The molecule has 0 N–H and O–H groups in total. The lowest BCUT2D eigenvalue weighted by Crippen LogP contribution is -2.30. The van der Waals surface area contributed by atoms with Crippen LogP contribution in [0.2, 0.25) is 0 Å². The molecule has 1 atom stereocenters. The fraction of sp³-hybridized carbons (Fsp3) is 0.955. The normalized spacial score (nSPS) is 11.9. The van der Waals surface area contributed by atoms with Gasteiger partial charge in [0.25, 0.3) is 0 Å². The highest BCUT2D eigenvalue weighted by Crippen LogP contribution is 2.19. The van der Waals surface area contributed by atoms with Crippen LogP contribution in [0, 0.1) is 0 Å². The lowest BCUT2D eigenvalue weighted by molar-refractivity contribution is -0.167. The summed E-state index contributed by atoms with van der Waals surface area (Å²) < 4.78 is 16.9. The van der Waals surface area contributed by atoms with E-state index in [0.717, 1.165) is 57.8 Å². The lowest BCUT2D eigenvalue weighted by atomic mass is 10.0. The quantitative estimate of drug-likeness (QED) is 0.0343. The van der Waals surface area contributed by atoms with Crippen molar-refractivity contribution >= 4 is 17.9 Å². The molecule has 0 aromatic carbocycles. The Labute approximate surface area is 450 Å². The van der Waals surface area contributed by atoms with E-state index < -0.39 is 6.10 Å². The van der Waals surface area contributed by atoms with Gasteiger partial charge in [-0.15, -0.1) is 0 Å². The average molecular weight is 1020 g/mol. The minimum absolute atomic E-state index is 0.0606. The summed E-state index contributed by atoms with van der Waals surface area (Å²) in [6.07, 6.45) is 71.2. The largest absolute Gasteiger partial charge is 0.462 e. The highest BCUT2D eigenvalue weighted by molar-refractivity contribution is 5.71. The van der Waals surface area contributed by atoms with Crippen molar-refractivity contribution in [2.75, 3.05) is 13.2 Å². The highest BCUT2D eigenvalue weighted by Gasteiger charge is 2.19. The molecule has 0 bridgehead atoms. The van der Waals surface area contributed by atoms with E-state index >= 15 is 0 Å². The smallest absolute Gasteiger partial charge is 0.306 e. The van der Waals surface area contributed by atoms with Gasteiger partial charge in [0, 0.05) is 19.3 Å². The molecule has 0 rings (SSSR count). The maximum Gasteiger partial charge on any atom is 0.306 e. The number of carbonyl (C=O) groups is 3. The number of hydrogen-bond acceptors (Lipinski definition) is 6. The van der Waals surface area contributed by atoms with E-state index in [1.54, 1.807) is 0 Å². The van der Waals surface area contributed by atoms with E-state index in [1.165, 1.54) is 289 Å². The topological polar surface area (TPSA) is 78.9 Å². The van der Waals surface area contributed by atoms with Gasteiger partial charge in [-0.3, -0.25) is 14.4 Å². The molecule has 0 fully saturated rings. The van der Waals surface area contributed by atoms with Crippen LogP contribution in [0.15, 0.2) is 0 Å². The summed E-state index contributed by atoms with van der Waals surface area (Å²) in [5, 5.41) is 0. The van der Waals surface area contributed by atoms with Crippen LogP contribution in [0.3, 0.4) is 0 Å². The Morgan fingerprint density at radius 3 is 0.556 bits per heavy atom. The van der Waals surface area contributed by atoms with Crippen LogP contribution in [-0.4, -0.2) is 37.2 Å². The molecule has 0 spiro atoms. The monoisotopic (exact) mass is 1020 g/mol. The van der Waals surface area contributed by atoms with Crippen LogP contribution in [0.25, 0.3) is 0 Å². The Morgan fingerprint density at radius 2 is 0.375 bits per heavy atom. The minimum atomic E-state index is -0.762. The van der Waals surface area contributed by atoms with Crippen LogP contribution < -0.4 is 0 Å². The molecular formula is C66H128O6. The van der Waals surface area contributed by atoms with Crippen molar-refractivity contribution in [1.82, 2.24) is 0 Å². The third-order valence-corrected chi connectivity index (χ3v) is 15.4. The van der Waals surface area contributed by atoms with Gasteiger partial charge in [0.1, 0.15) is 13.2 Å². The summed E-state index contributed by atoms with van der Waals surface area (Å²) in [7, 11) is 0. The zero-order valence-electron chi connectivity index (χ0n) is 49.2. The number of carbonyl (C=O) groups excluding carboxylic acids is 3. The summed E-state index contributed by atoms with van der Waals surface area (Å²) in [4.78, 5) is 38.3. The van der Waals surface area contributed by atoms with Gasteiger partial charge >= 0.3 is 17.9 Å². The molecule has 1 unspecified atom stereocenters. The van der Waals surface area contributed by atoms with Crippen LogP contribution in [0.5, 0.6) is 0 Å². The van der Waals surface area contributed by atoms with Gasteiger partial charge < -0.3 is 14.2 Å². The lowest BCUT2D eigenvalue weighted by Gasteiger charge is -2.18. The Kier molecular flexibility index (Phi) is 60.6. The van der Waals surface area contributed by atoms with Crippen molar-refractivity contribution in [1.29, 1.82) is 0 Å². The molecule has 0 saturated carbocycles. The fourth-order valence-corrected chi connectivity index (χ4v) is 10.4. The van der Waals surface area contributed by atoms with Crippen molar-refractivity contribution in [3.63, 3.8) is 0 Å². The number of unbranched alkanes of at least 4 members (excludes halogenated alkanes) is 51. The maximum atomic E-state index is 12.9. The van der Waals surface area contributed by atoms with Crippen molar-refractivity contribution in [2.45, 2.75) is 393 Å². The van der Waals surface area contributed by atoms with Crippen LogP contribution in [0.1, 0.15) is 387 Å². The van der Waals surface area contributed by atoms with Gasteiger partial charge in [-0.25, -0.2) is 0 Å². The van der Waals surface area contributed by atoms with Crippen molar-refractivity contribution in [3.05, 3.63) is 0 Å². The molecule has 428 valence electrons. The SMILES string of the molecule is CCCCCCCCCCCCCCCCCCCCCCCCC(=O)OCC(COC(=O)CCCCCCCCCCCCC)OC(=O)CCCCCCCCCCCCCCCCCCCCCCC. The van der Waals surface area contributed by atoms with Crippen molar-refractivity contribution in [3.8, 4) is 0 Å². The zero-order valence-corrected chi connectivity index (χ0v) is 49.2. The Hall–Kier alpha value is -1.59. The van der Waals surface area contributed by atoms with E-state index in [2.05, 4.69) is 20.8 Å². The third kappa shape index (κ3) is 59.3. The molecule has 0 aromatic heterocycles. The molecular weight excluding hydrogens is 889 g/mol. The van der Waals surface area contributed by atoms with Gasteiger partial charge in [0.15, 0.2) is 6.10 Å². The molecule has 72 heavy (non-hydrogen) atoms. The molecule has 0 aliphatic rings. The number of rotatable bonds is 62. The summed E-state index contributed by atoms with van der Waals surface area (Å²) in [6.45, 7) is 6.72. The van der Waals surface area contributed by atoms with Crippen molar-refractivity contribution < 1.29 is 28.6 Å². The zero-order chi connectivity index (χ0) is 52.2. The summed E-state index contributed by atoms with van der Waals surface area (Å²) >= 11 is 0. The Morgan fingerprint density at radius 1 is 0.222 bits per heavy atom. The van der Waals surface area contributed by atoms with Gasteiger partial charge in [-0.1, -0.05) is 348 Å². The number of esters is 3. The van der Waals surface area contributed by atoms with Gasteiger partial charge in [-0.2, -0.15) is 0 Å². The second-order valence-corrected chi connectivity index (χ2v) is 22.8. The van der Waals surface area contributed by atoms with E-state index in [1.807, 2.05) is 0 Å². The highest BCUT2D eigenvalue weighted by atomic mass is 16.6. The van der Waals surface area contributed by atoms with Gasteiger partial charge in [-0.05, 0) is 19.3 Å². The maximum absolute atomic E-state index is 12.9. The van der Waals surface area contributed by atoms with Crippen LogP contribution in [-0.2, 0) is 28.6 Å². The molecule has 0 heterocycles. The molecule has 0 radical (unpaired) electrons. The predicted molar refractivity (Wildman–Crippen MR) is 312 cm³/mol. The van der Waals surface area contributed by atoms with E-state index in [0.29, 0.717) is 19.3 Å². The van der Waals surface area contributed by atoms with Crippen molar-refractivity contribution in [2.24, 2.45) is 0 Å². The molecule has 0 saturated heterocycles. The fourth-order valence-electron chi connectivity index (χ4n) is 10.4. The molecule has 0 aliphatic heterocycles. The standard InChI is InChI=1S/C66H128O6/c1-4-7-10-13-16-19-22-24-26-28-30-32-34-35-37-39-41-44-47-50-53-56-59-65(68)71-62-63(61-70-64(67)58-55-52-49-46-43-21-18-15-12-9-6-3)72-66(69)60-57-54-51-48-45-42-40-38-36-33-31-29-27-25-23-20-17-14-11-8-5-2/h63H,4-62H2,1-3H3. The Balaban J connectivity index is 4.18.